The van der Waals surface area contributed by atoms with Crippen LogP contribution in [0.25, 0.3) is 0 Å². The maximum absolute atomic E-state index is 12.7. The molecule has 0 spiro atoms. The summed E-state index contributed by atoms with van der Waals surface area (Å²) in [6.07, 6.45) is 0.733. The molecule has 3 nitrogen and oxygen atoms in total. The Hall–Kier alpha value is -2.16. The minimum Gasteiger partial charge on any atom is -0.481 e. The fraction of sp³-hybridized carbons (Fsp3) is 0.357. The molecule has 108 valence electrons. The molecule has 20 heavy (non-hydrogen) atoms. The zero-order valence-corrected chi connectivity index (χ0v) is 10.8. The topological polar surface area (TPSA) is 40.5 Å². The van der Waals surface area contributed by atoms with Crippen molar-refractivity contribution in [1.82, 2.24) is 0 Å². The summed E-state index contributed by atoms with van der Waals surface area (Å²) in [5, 5.41) is 8.87. The second-order valence-corrected chi connectivity index (χ2v) is 4.37. The summed E-state index contributed by atoms with van der Waals surface area (Å²) in [7, 11) is 0. The van der Waals surface area contributed by atoms with Gasteiger partial charge < -0.3 is 10.0 Å². The van der Waals surface area contributed by atoms with Gasteiger partial charge in [-0.25, -0.2) is 0 Å². The van der Waals surface area contributed by atoms with Gasteiger partial charge in [-0.15, -0.1) is 6.42 Å². The number of hydrogen-bond donors (Lipinski definition) is 1. The van der Waals surface area contributed by atoms with Crippen LogP contribution in [0, 0.1) is 18.3 Å². The van der Waals surface area contributed by atoms with Gasteiger partial charge in [0.25, 0.3) is 0 Å². The van der Waals surface area contributed by atoms with Crippen LogP contribution in [0.1, 0.15) is 12.5 Å². The summed E-state index contributed by atoms with van der Waals surface area (Å²) in [6, 6.07) is 4.67. The van der Waals surface area contributed by atoms with E-state index in [1.807, 2.05) is 0 Å². The first kappa shape index (κ1) is 15.9. The molecule has 0 saturated heterocycles. The molecular weight excluding hydrogens is 271 g/mol. The summed E-state index contributed by atoms with van der Waals surface area (Å²) in [6.45, 7) is 1.55. The minimum atomic E-state index is -4.45. The molecule has 1 aromatic carbocycles. The monoisotopic (exact) mass is 285 g/mol. The Morgan fingerprint density at radius 1 is 1.50 bits per heavy atom. The molecule has 0 aliphatic rings. The molecule has 1 unspecified atom stereocenters. The first-order valence-corrected chi connectivity index (χ1v) is 5.84. The van der Waals surface area contributed by atoms with Crippen LogP contribution in [0.5, 0.6) is 0 Å². The lowest BCUT2D eigenvalue weighted by atomic mass is 10.1. The Kier molecular flexibility index (Phi) is 5.03. The van der Waals surface area contributed by atoms with Crippen molar-refractivity contribution < 1.29 is 23.1 Å². The van der Waals surface area contributed by atoms with Gasteiger partial charge in [0.05, 0.1) is 18.0 Å². The third-order valence-corrected chi connectivity index (χ3v) is 2.74. The molecule has 0 amide bonds. The first-order valence-electron chi connectivity index (χ1n) is 5.84. The molecule has 1 atom stereocenters. The van der Waals surface area contributed by atoms with E-state index in [2.05, 4.69) is 5.92 Å². The van der Waals surface area contributed by atoms with Crippen molar-refractivity contribution in [2.24, 2.45) is 5.92 Å². The van der Waals surface area contributed by atoms with Crippen LogP contribution in [0.15, 0.2) is 24.3 Å². The number of halogens is 3. The predicted octanol–water partition coefficient (Wildman–Crippen LogP) is 2.87. The van der Waals surface area contributed by atoms with Crippen molar-refractivity contribution in [3.63, 3.8) is 0 Å². The molecule has 0 fully saturated rings. The van der Waals surface area contributed by atoms with Crippen molar-refractivity contribution in [2.75, 3.05) is 18.0 Å². The van der Waals surface area contributed by atoms with Gasteiger partial charge in [-0.3, -0.25) is 4.79 Å². The lowest BCUT2D eigenvalue weighted by Gasteiger charge is -2.25. The van der Waals surface area contributed by atoms with Gasteiger partial charge in [-0.05, 0) is 18.2 Å². The van der Waals surface area contributed by atoms with E-state index in [1.165, 1.54) is 24.0 Å². The van der Waals surface area contributed by atoms with E-state index >= 15 is 0 Å². The van der Waals surface area contributed by atoms with E-state index < -0.39 is 23.6 Å². The van der Waals surface area contributed by atoms with E-state index in [0.29, 0.717) is 0 Å². The first-order chi connectivity index (χ1) is 9.25. The Labute approximate surface area is 115 Å². The van der Waals surface area contributed by atoms with Crippen LogP contribution in [-0.4, -0.2) is 24.2 Å². The number of rotatable bonds is 5. The highest BCUT2D eigenvalue weighted by Gasteiger charge is 2.31. The predicted molar refractivity (Wildman–Crippen MR) is 69.3 cm³/mol. The lowest BCUT2D eigenvalue weighted by Crippen LogP contribution is -2.32. The zero-order valence-electron chi connectivity index (χ0n) is 10.8. The second-order valence-electron chi connectivity index (χ2n) is 4.37. The normalized spacial score (nSPS) is 12.6. The molecule has 0 radical (unpaired) electrons. The third kappa shape index (κ3) is 4.19. The van der Waals surface area contributed by atoms with Gasteiger partial charge >= 0.3 is 12.1 Å². The largest absolute Gasteiger partial charge is 0.481 e. The smallest absolute Gasteiger partial charge is 0.416 e. The van der Waals surface area contributed by atoms with Crippen molar-refractivity contribution in [3.05, 3.63) is 29.8 Å². The molecule has 6 heteroatoms. The maximum atomic E-state index is 12.7. The number of alkyl halides is 3. The average Bonchev–Trinajstić information content (AvgIpc) is 2.37. The quantitative estimate of drug-likeness (QED) is 0.846. The fourth-order valence-electron chi connectivity index (χ4n) is 1.66. The van der Waals surface area contributed by atoms with Gasteiger partial charge in [0.15, 0.2) is 0 Å². The Bertz CT molecular complexity index is 520. The Morgan fingerprint density at radius 2 is 2.15 bits per heavy atom. The number of terminal acetylenes is 1. The van der Waals surface area contributed by atoms with Crippen LogP contribution < -0.4 is 4.90 Å². The number of nitrogens with zero attached hydrogens (tertiary/aromatic N) is 1. The lowest BCUT2D eigenvalue weighted by molar-refractivity contribution is -0.141. The summed E-state index contributed by atoms with van der Waals surface area (Å²) >= 11 is 0. The van der Waals surface area contributed by atoms with E-state index in [-0.39, 0.29) is 18.8 Å². The number of carboxylic acid groups (broad SMARTS) is 1. The number of hydrogen-bond acceptors (Lipinski definition) is 2. The van der Waals surface area contributed by atoms with E-state index in [1.54, 1.807) is 0 Å². The number of carboxylic acids is 1. The minimum absolute atomic E-state index is 0.0406. The molecule has 0 aromatic heterocycles. The molecule has 1 rings (SSSR count). The van der Waals surface area contributed by atoms with Gasteiger partial charge in [-0.1, -0.05) is 18.9 Å². The highest BCUT2D eigenvalue weighted by atomic mass is 19.4. The van der Waals surface area contributed by atoms with Gasteiger partial charge in [0, 0.05) is 12.2 Å². The molecular formula is C14H14F3NO2. The maximum Gasteiger partial charge on any atom is 0.416 e. The Balaban J connectivity index is 3.04. The highest BCUT2D eigenvalue weighted by molar-refractivity contribution is 5.70. The standard InChI is InChI=1S/C14H14F3NO2/c1-3-7-18(9-10(2)13(19)20)12-6-4-5-11(8-12)14(15,16)17/h1,4-6,8,10H,7,9H2,2H3,(H,19,20). The average molecular weight is 285 g/mol. The van der Waals surface area contributed by atoms with Crippen LogP contribution in [0.2, 0.25) is 0 Å². The zero-order chi connectivity index (χ0) is 15.3. The number of anilines is 1. The molecule has 1 aromatic rings. The second kappa shape index (κ2) is 6.33. The molecule has 0 heterocycles. The molecule has 1 N–H and O–H groups in total. The highest BCUT2D eigenvalue weighted by Crippen LogP contribution is 2.31. The van der Waals surface area contributed by atoms with E-state index in [9.17, 15) is 18.0 Å². The summed E-state index contributed by atoms with van der Waals surface area (Å²) in [4.78, 5) is 12.3. The molecule has 0 bridgehead atoms. The van der Waals surface area contributed by atoms with Gasteiger partial charge in [0.2, 0.25) is 0 Å². The number of carbonyl (C=O) groups is 1. The third-order valence-electron chi connectivity index (χ3n) is 2.74. The molecule has 0 aliphatic heterocycles. The summed E-state index contributed by atoms with van der Waals surface area (Å²) in [5.41, 5.74) is -0.536. The van der Waals surface area contributed by atoms with Crippen LogP contribution in [-0.2, 0) is 11.0 Å². The van der Waals surface area contributed by atoms with Crippen molar-refractivity contribution in [2.45, 2.75) is 13.1 Å². The van der Waals surface area contributed by atoms with Gasteiger partial charge in [0.1, 0.15) is 0 Å². The SMILES string of the molecule is C#CCN(CC(C)C(=O)O)c1cccc(C(F)(F)F)c1. The molecule has 0 saturated carbocycles. The van der Waals surface area contributed by atoms with Crippen molar-refractivity contribution in [3.8, 4) is 12.3 Å². The van der Waals surface area contributed by atoms with Crippen molar-refractivity contribution >= 4 is 11.7 Å². The summed E-state index contributed by atoms with van der Waals surface area (Å²) < 4.78 is 38.0. The van der Waals surface area contributed by atoms with Gasteiger partial charge in [-0.2, -0.15) is 13.2 Å². The number of aliphatic carboxylic acids is 1. The van der Waals surface area contributed by atoms with E-state index in [0.717, 1.165) is 12.1 Å². The summed E-state index contributed by atoms with van der Waals surface area (Å²) in [5.74, 6) is 0.554. The Morgan fingerprint density at radius 3 is 2.65 bits per heavy atom. The fourth-order valence-corrected chi connectivity index (χ4v) is 1.66. The van der Waals surface area contributed by atoms with Crippen LogP contribution in [0.4, 0.5) is 18.9 Å². The number of benzene rings is 1. The van der Waals surface area contributed by atoms with Crippen molar-refractivity contribution in [1.29, 1.82) is 0 Å². The van der Waals surface area contributed by atoms with Crippen LogP contribution in [0.3, 0.4) is 0 Å². The van der Waals surface area contributed by atoms with E-state index in [4.69, 9.17) is 11.5 Å². The van der Waals surface area contributed by atoms with Crippen LogP contribution >= 0.6 is 0 Å². The molecule has 0 aliphatic carbocycles.